The van der Waals surface area contributed by atoms with Gasteiger partial charge in [-0.05, 0) is 49.8 Å². The predicted octanol–water partition coefficient (Wildman–Crippen LogP) is 2.71. The van der Waals surface area contributed by atoms with Gasteiger partial charge in [0.05, 0.1) is 4.90 Å². The number of thiophene rings is 1. The molecule has 1 aromatic carbocycles. The van der Waals surface area contributed by atoms with Crippen LogP contribution in [0.25, 0.3) is 0 Å². The third-order valence-corrected chi connectivity index (χ3v) is 7.82. The second-order valence-electron chi connectivity index (χ2n) is 6.88. The van der Waals surface area contributed by atoms with Gasteiger partial charge in [0.2, 0.25) is 15.9 Å². The Morgan fingerprint density at radius 1 is 1.14 bits per heavy atom. The lowest BCUT2D eigenvalue weighted by Gasteiger charge is -2.30. The van der Waals surface area contributed by atoms with E-state index in [1.807, 2.05) is 17.5 Å². The van der Waals surface area contributed by atoms with Crippen LogP contribution in [0.4, 0.5) is 0 Å². The Morgan fingerprint density at radius 3 is 2.39 bits per heavy atom. The Labute approximate surface area is 169 Å². The molecule has 0 unspecified atom stereocenters. The van der Waals surface area contributed by atoms with E-state index in [1.165, 1.54) is 40.4 Å². The smallest absolute Gasteiger partial charge is 0.243 e. The lowest BCUT2D eigenvalue weighted by Crippen LogP contribution is -2.43. The molecule has 2 heterocycles. The fraction of sp³-hybridized carbons (Fsp3) is 0.400. The van der Waals surface area contributed by atoms with Gasteiger partial charge in [0.1, 0.15) is 0 Å². The van der Waals surface area contributed by atoms with Gasteiger partial charge in [0.25, 0.3) is 0 Å². The lowest BCUT2D eigenvalue weighted by molar-refractivity contribution is -0.126. The first kappa shape index (κ1) is 20.7. The van der Waals surface area contributed by atoms with E-state index < -0.39 is 10.0 Å². The molecule has 1 aromatic heterocycles. The third-order valence-electron chi connectivity index (χ3n) is 4.97. The van der Waals surface area contributed by atoms with Crippen molar-refractivity contribution in [1.29, 1.82) is 0 Å². The van der Waals surface area contributed by atoms with E-state index in [4.69, 9.17) is 0 Å². The van der Waals surface area contributed by atoms with Gasteiger partial charge in [0.15, 0.2) is 5.78 Å². The van der Waals surface area contributed by atoms with Crippen molar-refractivity contribution >= 4 is 33.1 Å². The summed E-state index contributed by atoms with van der Waals surface area (Å²) in [6, 6.07) is 10.0. The highest BCUT2D eigenvalue weighted by molar-refractivity contribution is 7.89. The van der Waals surface area contributed by atoms with Crippen molar-refractivity contribution < 1.29 is 18.0 Å². The van der Waals surface area contributed by atoms with Crippen LogP contribution in [-0.2, 0) is 21.2 Å². The third kappa shape index (κ3) is 4.87. The number of piperidine rings is 1. The van der Waals surface area contributed by atoms with Crippen LogP contribution in [0.5, 0.6) is 0 Å². The summed E-state index contributed by atoms with van der Waals surface area (Å²) in [6.45, 7) is 2.68. The molecule has 1 amide bonds. The summed E-state index contributed by atoms with van der Waals surface area (Å²) >= 11 is 1.67. The molecule has 3 rings (SSSR count). The molecule has 0 saturated carbocycles. The van der Waals surface area contributed by atoms with Gasteiger partial charge in [-0.15, -0.1) is 11.3 Å². The molecule has 1 N–H and O–H groups in total. The first-order chi connectivity index (χ1) is 13.4. The number of hydrogen-bond acceptors (Lipinski definition) is 5. The first-order valence-corrected chi connectivity index (χ1v) is 11.6. The van der Waals surface area contributed by atoms with Crippen LogP contribution in [0.3, 0.4) is 0 Å². The Hall–Kier alpha value is -2.03. The summed E-state index contributed by atoms with van der Waals surface area (Å²) in [7, 11) is -3.61. The minimum atomic E-state index is -3.61. The van der Waals surface area contributed by atoms with Crippen LogP contribution in [0.1, 0.15) is 35.0 Å². The van der Waals surface area contributed by atoms with E-state index in [0.29, 0.717) is 38.0 Å². The molecule has 0 spiro atoms. The van der Waals surface area contributed by atoms with Crippen molar-refractivity contribution in [2.75, 3.05) is 19.6 Å². The molecule has 0 bridgehead atoms. The van der Waals surface area contributed by atoms with Gasteiger partial charge >= 0.3 is 0 Å². The van der Waals surface area contributed by atoms with Crippen molar-refractivity contribution in [3.05, 3.63) is 52.2 Å². The molecule has 1 aliphatic rings. The van der Waals surface area contributed by atoms with E-state index in [-0.39, 0.29) is 22.5 Å². The average Bonchev–Trinajstić information content (AvgIpc) is 3.21. The second-order valence-corrected chi connectivity index (χ2v) is 9.85. The van der Waals surface area contributed by atoms with Crippen LogP contribution in [0.2, 0.25) is 0 Å². The zero-order chi connectivity index (χ0) is 20.1. The monoisotopic (exact) mass is 420 g/mol. The Balaban J connectivity index is 1.52. The summed E-state index contributed by atoms with van der Waals surface area (Å²) in [4.78, 5) is 25.1. The van der Waals surface area contributed by atoms with Crippen molar-refractivity contribution in [3.63, 3.8) is 0 Å². The maximum atomic E-state index is 12.8. The second kappa shape index (κ2) is 8.98. The number of amides is 1. The number of Topliss-reactive ketones (excluding diaryl/α,β-unsaturated/α-hetero) is 1. The van der Waals surface area contributed by atoms with Crippen LogP contribution in [0.15, 0.2) is 46.7 Å². The predicted molar refractivity (Wildman–Crippen MR) is 109 cm³/mol. The Morgan fingerprint density at radius 2 is 1.82 bits per heavy atom. The maximum absolute atomic E-state index is 12.8. The minimum absolute atomic E-state index is 0.000541. The zero-order valence-corrected chi connectivity index (χ0v) is 17.4. The molecule has 8 heteroatoms. The van der Waals surface area contributed by atoms with Crippen molar-refractivity contribution in [2.24, 2.45) is 5.92 Å². The SMILES string of the molecule is CC(=O)c1ccc(S(=O)(=O)N2CCC(C(=O)NCCc3cccs3)CC2)cc1. The number of rotatable bonds is 7. The number of nitrogens with zero attached hydrogens (tertiary/aromatic N) is 1. The van der Waals surface area contributed by atoms with Crippen molar-refractivity contribution in [3.8, 4) is 0 Å². The zero-order valence-electron chi connectivity index (χ0n) is 15.8. The molecule has 150 valence electrons. The van der Waals surface area contributed by atoms with Gasteiger partial charge in [-0.2, -0.15) is 4.31 Å². The van der Waals surface area contributed by atoms with E-state index >= 15 is 0 Å². The van der Waals surface area contributed by atoms with Crippen molar-refractivity contribution in [1.82, 2.24) is 9.62 Å². The highest BCUT2D eigenvalue weighted by Crippen LogP contribution is 2.24. The molecular formula is C20H24N2O4S2. The molecule has 28 heavy (non-hydrogen) atoms. The Kier molecular flexibility index (Phi) is 6.64. The molecule has 0 radical (unpaired) electrons. The largest absolute Gasteiger partial charge is 0.355 e. The molecule has 1 aliphatic heterocycles. The van der Waals surface area contributed by atoms with Crippen molar-refractivity contribution in [2.45, 2.75) is 31.1 Å². The number of nitrogens with one attached hydrogen (secondary N) is 1. The topological polar surface area (TPSA) is 83.6 Å². The minimum Gasteiger partial charge on any atom is -0.355 e. The fourth-order valence-corrected chi connectivity index (χ4v) is 5.46. The number of hydrogen-bond donors (Lipinski definition) is 1. The van der Waals surface area contributed by atoms with E-state index in [0.717, 1.165) is 6.42 Å². The highest BCUT2D eigenvalue weighted by atomic mass is 32.2. The number of benzene rings is 1. The molecule has 2 aromatic rings. The lowest BCUT2D eigenvalue weighted by atomic mass is 9.97. The quantitative estimate of drug-likeness (QED) is 0.698. The first-order valence-electron chi connectivity index (χ1n) is 9.29. The molecule has 1 saturated heterocycles. The number of ketones is 1. The highest BCUT2D eigenvalue weighted by Gasteiger charge is 2.32. The number of carbonyl (C=O) groups is 2. The average molecular weight is 421 g/mol. The van der Waals surface area contributed by atoms with Crippen LogP contribution < -0.4 is 5.32 Å². The van der Waals surface area contributed by atoms with Gasteiger partial charge < -0.3 is 5.32 Å². The molecule has 1 fully saturated rings. The molecule has 0 atom stereocenters. The molecule has 6 nitrogen and oxygen atoms in total. The molecular weight excluding hydrogens is 396 g/mol. The van der Waals surface area contributed by atoms with Gasteiger partial charge in [-0.3, -0.25) is 9.59 Å². The van der Waals surface area contributed by atoms with E-state index in [1.54, 1.807) is 11.3 Å². The number of sulfonamides is 1. The van der Waals surface area contributed by atoms with E-state index in [9.17, 15) is 18.0 Å². The normalized spacial score (nSPS) is 16.0. The summed E-state index contributed by atoms with van der Waals surface area (Å²) in [5.41, 5.74) is 0.483. The van der Waals surface area contributed by atoms with E-state index in [2.05, 4.69) is 5.32 Å². The Bertz CT molecular complexity index is 914. The fourth-order valence-electron chi connectivity index (χ4n) is 3.28. The van der Waals surface area contributed by atoms with Crippen LogP contribution in [-0.4, -0.2) is 44.0 Å². The van der Waals surface area contributed by atoms with Gasteiger partial charge in [-0.25, -0.2) is 8.42 Å². The standard InChI is InChI=1S/C20H24N2O4S2/c1-15(23)16-4-6-19(7-5-16)28(25,26)22-12-9-17(10-13-22)20(24)21-11-8-18-3-2-14-27-18/h2-7,14,17H,8-13H2,1H3,(H,21,24). The summed E-state index contributed by atoms with van der Waals surface area (Å²) in [5.74, 6) is -0.260. The summed E-state index contributed by atoms with van der Waals surface area (Å²) in [6.07, 6.45) is 1.83. The van der Waals surface area contributed by atoms with Crippen LogP contribution in [0, 0.1) is 5.92 Å². The van der Waals surface area contributed by atoms with Gasteiger partial charge in [-0.1, -0.05) is 18.2 Å². The number of carbonyl (C=O) groups excluding carboxylic acids is 2. The maximum Gasteiger partial charge on any atom is 0.243 e. The summed E-state index contributed by atoms with van der Waals surface area (Å²) in [5, 5.41) is 4.98. The molecule has 0 aliphatic carbocycles. The van der Waals surface area contributed by atoms with Crippen LogP contribution >= 0.6 is 11.3 Å². The van der Waals surface area contributed by atoms with Gasteiger partial charge in [0, 0.05) is 36.0 Å². The summed E-state index contributed by atoms with van der Waals surface area (Å²) < 4.78 is 27.0.